The molecule has 0 bridgehead atoms. The lowest BCUT2D eigenvalue weighted by molar-refractivity contribution is -0.894. The van der Waals surface area contributed by atoms with Gasteiger partial charge in [0.25, 0.3) is 11.8 Å². The number of hydrogen-bond acceptors (Lipinski definition) is 12. The van der Waals surface area contributed by atoms with Crippen LogP contribution in [0.1, 0.15) is 5.69 Å². The Morgan fingerprint density at radius 1 is 1.32 bits per heavy atom. The molecule has 1 aromatic rings. The SMILES string of the molecule is CO/N=C(\C(=O)N[C@@H]1C(=O)N2C(C(=O)[O-])=C(C[N+]3(C)CC(C(=O)O)C(C(=O)N(C)C)C3)CS[C@H]12)c1csc(N)n1. The second-order valence-electron chi connectivity index (χ2n) is 10.2. The summed E-state index contributed by atoms with van der Waals surface area (Å²) in [5.74, 6) is -5.86. The van der Waals surface area contributed by atoms with E-state index in [9.17, 15) is 34.2 Å². The first-order chi connectivity index (χ1) is 18.8. The summed E-state index contributed by atoms with van der Waals surface area (Å²) >= 11 is 2.35. The lowest BCUT2D eigenvalue weighted by Gasteiger charge is -2.51. The van der Waals surface area contributed by atoms with Crippen molar-refractivity contribution < 1.29 is 43.5 Å². The fourth-order valence-corrected chi connectivity index (χ4v) is 7.28. The standard InChI is InChI=1S/C23H29N7O8S2/c1-28(2)18(32)11-6-30(3,7-12(11)21(34)35)5-10-8-39-20-15(19(33)29(20)16(10)22(36)37)26-17(31)14(27-38-4)13-9-40-23(24)25-13/h9,11-12,15,20H,5-8H2,1-4H3,(H4-,24,25,26,31,34,35,36,37)/b27-14-/t11?,12?,15-,20-,30?/m1/s1. The van der Waals surface area contributed by atoms with E-state index in [4.69, 9.17) is 10.6 Å². The number of amides is 3. The maximum Gasteiger partial charge on any atom is 0.313 e. The Morgan fingerprint density at radius 2 is 2.00 bits per heavy atom. The van der Waals surface area contributed by atoms with Crippen molar-refractivity contribution in [2.75, 3.05) is 59.4 Å². The Balaban J connectivity index is 1.54. The van der Waals surface area contributed by atoms with E-state index in [2.05, 4.69) is 15.5 Å². The van der Waals surface area contributed by atoms with Crippen molar-refractivity contribution in [3.8, 4) is 0 Å². The third-order valence-corrected chi connectivity index (χ3v) is 9.11. The minimum atomic E-state index is -1.56. The van der Waals surface area contributed by atoms with Crippen LogP contribution in [0, 0.1) is 11.8 Å². The number of quaternary nitrogens is 1. The summed E-state index contributed by atoms with van der Waals surface area (Å²) in [4.78, 5) is 74.1. The van der Waals surface area contributed by atoms with E-state index in [-0.39, 0.29) is 58.0 Å². The summed E-state index contributed by atoms with van der Waals surface area (Å²) in [6.07, 6.45) is 0. The fraction of sp³-hybridized carbons (Fsp3) is 0.522. The Hall–Kier alpha value is -3.70. The number of thioether (sulfide) groups is 1. The molecule has 0 spiro atoms. The average molecular weight is 596 g/mol. The van der Waals surface area contributed by atoms with Crippen molar-refractivity contribution >= 4 is 63.6 Å². The second kappa shape index (κ2) is 11.1. The largest absolute Gasteiger partial charge is 0.543 e. The van der Waals surface area contributed by atoms with Crippen LogP contribution in [0.4, 0.5) is 5.13 Å². The van der Waals surface area contributed by atoms with Gasteiger partial charge >= 0.3 is 5.97 Å². The number of β-lactam (4-membered cyclic amide) rings is 1. The molecule has 3 amide bonds. The Kier molecular flexibility index (Phi) is 8.09. The van der Waals surface area contributed by atoms with Crippen LogP contribution in [0.3, 0.4) is 0 Å². The molecule has 0 aliphatic carbocycles. The highest BCUT2D eigenvalue weighted by Crippen LogP contribution is 2.42. The zero-order chi connectivity index (χ0) is 29.5. The number of nitrogens with two attached hydrogens (primary N) is 1. The third kappa shape index (κ3) is 5.35. The first kappa shape index (κ1) is 29.3. The fourth-order valence-electron chi connectivity index (χ4n) is 5.40. The number of carboxylic acid groups (broad SMARTS) is 2. The number of carbonyl (C=O) groups excluding carboxylic acids is 4. The number of carboxylic acids is 2. The van der Waals surface area contributed by atoms with Gasteiger partial charge in [-0.05, 0) is 0 Å². The smallest absolute Gasteiger partial charge is 0.313 e. The molecule has 0 aromatic carbocycles. The van der Waals surface area contributed by atoms with Crippen molar-refractivity contribution in [3.63, 3.8) is 0 Å². The number of anilines is 1. The molecule has 3 aliphatic rings. The predicted octanol–water partition coefficient (Wildman–Crippen LogP) is -2.65. The van der Waals surface area contributed by atoms with Crippen molar-refractivity contribution in [1.29, 1.82) is 0 Å². The van der Waals surface area contributed by atoms with Crippen LogP contribution in [-0.2, 0) is 28.8 Å². The monoisotopic (exact) mass is 595 g/mol. The summed E-state index contributed by atoms with van der Waals surface area (Å²) in [5, 5.41) is 29.3. The molecule has 2 saturated heterocycles. The van der Waals surface area contributed by atoms with Crippen LogP contribution < -0.4 is 16.2 Å². The summed E-state index contributed by atoms with van der Waals surface area (Å²) in [6.45, 7) is 0.425. The third-order valence-electron chi connectivity index (χ3n) is 7.10. The van der Waals surface area contributed by atoms with E-state index < -0.39 is 47.0 Å². The summed E-state index contributed by atoms with van der Waals surface area (Å²) in [7, 11) is 6.12. The maximum atomic E-state index is 13.1. The maximum absolute atomic E-state index is 13.1. The minimum absolute atomic E-state index is 0.106. The molecule has 216 valence electrons. The van der Waals surface area contributed by atoms with Crippen LogP contribution in [0.2, 0.25) is 0 Å². The van der Waals surface area contributed by atoms with Gasteiger partial charge in [-0.3, -0.25) is 24.1 Å². The number of likely N-dealkylation sites (tertiary alicyclic amines) is 1. The quantitative estimate of drug-likeness (QED) is 0.116. The molecule has 3 unspecified atom stereocenters. The van der Waals surface area contributed by atoms with E-state index in [0.717, 1.165) is 16.2 Å². The van der Waals surface area contributed by atoms with Gasteiger partial charge < -0.3 is 40.3 Å². The van der Waals surface area contributed by atoms with Gasteiger partial charge in [0.15, 0.2) is 10.8 Å². The zero-order valence-electron chi connectivity index (χ0n) is 22.2. The number of carbonyl (C=O) groups is 5. The van der Waals surface area contributed by atoms with E-state index in [0.29, 0.717) is 5.57 Å². The molecule has 1 aromatic heterocycles. The van der Waals surface area contributed by atoms with Gasteiger partial charge in [-0.1, -0.05) is 5.16 Å². The van der Waals surface area contributed by atoms with Gasteiger partial charge in [-0.25, -0.2) is 4.98 Å². The number of nitrogens with one attached hydrogen (secondary N) is 1. The molecule has 0 saturated carbocycles. The van der Waals surface area contributed by atoms with Crippen molar-refractivity contribution in [1.82, 2.24) is 20.1 Å². The molecule has 4 rings (SSSR count). The molecule has 17 heteroatoms. The highest BCUT2D eigenvalue weighted by atomic mass is 32.2. The molecule has 40 heavy (non-hydrogen) atoms. The molecule has 4 heterocycles. The van der Waals surface area contributed by atoms with Crippen LogP contribution in [0.15, 0.2) is 21.8 Å². The molecule has 2 fully saturated rings. The molecular formula is C23H29N7O8S2. The number of rotatable bonds is 9. The second-order valence-corrected chi connectivity index (χ2v) is 12.2. The number of likely N-dealkylation sites (N-methyl/N-ethyl adjacent to an activating group) is 1. The number of aliphatic carboxylic acids is 2. The average Bonchev–Trinajstić information content (AvgIpc) is 3.47. The molecule has 5 atom stereocenters. The molecular weight excluding hydrogens is 566 g/mol. The number of hydrogen-bond donors (Lipinski definition) is 3. The molecule has 15 nitrogen and oxygen atoms in total. The number of aromatic nitrogens is 1. The molecule has 0 radical (unpaired) electrons. The summed E-state index contributed by atoms with van der Waals surface area (Å²) in [5.41, 5.74) is 5.70. The number of oxime groups is 1. The highest BCUT2D eigenvalue weighted by molar-refractivity contribution is 8.00. The van der Waals surface area contributed by atoms with E-state index >= 15 is 0 Å². The summed E-state index contributed by atoms with van der Waals surface area (Å²) in [6, 6.07) is -1.04. The normalized spacial score (nSPS) is 28.1. The molecule has 4 N–H and O–H groups in total. The van der Waals surface area contributed by atoms with Gasteiger partial charge in [0.05, 0.1) is 31.8 Å². The van der Waals surface area contributed by atoms with Crippen molar-refractivity contribution in [2.24, 2.45) is 17.0 Å². The van der Waals surface area contributed by atoms with Crippen LogP contribution in [-0.4, -0.2) is 125 Å². The highest BCUT2D eigenvalue weighted by Gasteiger charge is 2.55. The number of nitrogen functional groups attached to an aromatic ring is 1. The van der Waals surface area contributed by atoms with E-state index in [1.165, 1.54) is 29.2 Å². The number of thiazole rings is 1. The van der Waals surface area contributed by atoms with Gasteiger partial charge in [-0.2, -0.15) is 0 Å². The molecule has 3 aliphatic heterocycles. The van der Waals surface area contributed by atoms with E-state index in [1.807, 2.05) is 0 Å². The van der Waals surface area contributed by atoms with Crippen LogP contribution in [0.5, 0.6) is 0 Å². The van der Waals surface area contributed by atoms with Gasteiger partial charge in [0.2, 0.25) is 5.91 Å². The van der Waals surface area contributed by atoms with Gasteiger partial charge in [0.1, 0.15) is 42.6 Å². The number of nitrogens with zero attached hydrogens (tertiary/aromatic N) is 5. The topological polar surface area (TPSA) is 208 Å². The van der Waals surface area contributed by atoms with Crippen molar-refractivity contribution in [2.45, 2.75) is 11.4 Å². The Morgan fingerprint density at radius 3 is 2.55 bits per heavy atom. The predicted molar refractivity (Wildman–Crippen MR) is 141 cm³/mol. The van der Waals surface area contributed by atoms with E-state index in [1.54, 1.807) is 21.1 Å². The first-order valence-electron chi connectivity index (χ1n) is 12.1. The van der Waals surface area contributed by atoms with Gasteiger partial charge in [0, 0.05) is 30.8 Å². The minimum Gasteiger partial charge on any atom is -0.543 e. The van der Waals surface area contributed by atoms with Crippen LogP contribution >= 0.6 is 23.1 Å². The lowest BCUT2D eigenvalue weighted by Crippen LogP contribution is -2.71. The Labute approximate surface area is 237 Å². The summed E-state index contributed by atoms with van der Waals surface area (Å²) < 4.78 is 0.106. The van der Waals surface area contributed by atoms with Crippen molar-refractivity contribution in [3.05, 3.63) is 22.3 Å². The Bertz CT molecular complexity index is 1330. The zero-order valence-corrected chi connectivity index (χ0v) is 23.8. The van der Waals surface area contributed by atoms with Crippen LogP contribution in [0.25, 0.3) is 0 Å². The lowest BCUT2D eigenvalue weighted by atomic mass is 9.95. The van der Waals surface area contributed by atoms with Gasteiger partial charge in [-0.15, -0.1) is 23.1 Å². The first-order valence-corrected chi connectivity index (χ1v) is 14.0. The number of fused-ring (bicyclic) bond motifs is 1.